The first-order chi connectivity index (χ1) is 17.6. The van der Waals surface area contributed by atoms with Gasteiger partial charge in [0.2, 0.25) is 11.8 Å². The van der Waals surface area contributed by atoms with Crippen LogP contribution in [0.25, 0.3) is 22.2 Å². The summed E-state index contributed by atoms with van der Waals surface area (Å²) in [6, 6.07) is 5.73. The molecule has 2 N–H and O–H groups in total. The number of pyridine rings is 2. The van der Waals surface area contributed by atoms with Gasteiger partial charge in [0.15, 0.2) is 0 Å². The van der Waals surface area contributed by atoms with Crippen molar-refractivity contribution < 1.29 is 17.1 Å². The Kier molecular flexibility index (Phi) is 6.27. The molecule has 0 bridgehead atoms. The molecule has 3 aromatic heterocycles. The maximum Gasteiger partial charge on any atom is 0.228 e. The van der Waals surface area contributed by atoms with Crippen molar-refractivity contribution in [2.45, 2.75) is 32.3 Å². The zero-order valence-corrected chi connectivity index (χ0v) is 21.0. The number of nitrogens with zero attached hydrogens (tertiary/aromatic N) is 4. The summed E-state index contributed by atoms with van der Waals surface area (Å²) < 4.78 is 11.7. The van der Waals surface area contributed by atoms with E-state index >= 15 is 0 Å². The first-order valence-corrected chi connectivity index (χ1v) is 13.1. The number of nitrogens with one attached hydrogen (secondary N) is 2. The number of carbonyl (C=O) groups is 1. The molecule has 3 aliphatic rings. The molecule has 9 nitrogen and oxygen atoms in total. The van der Waals surface area contributed by atoms with Gasteiger partial charge in [-0.2, -0.15) is 0 Å². The number of hydrogen-bond donors (Lipinski definition) is 2. The average molecular weight is 495 g/mol. The van der Waals surface area contributed by atoms with Crippen LogP contribution in [0.15, 0.2) is 30.6 Å². The molecular weight excluding hydrogens is 456 g/mol. The van der Waals surface area contributed by atoms with Gasteiger partial charge in [-0.3, -0.25) is 4.79 Å². The molecule has 0 spiro atoms. The van der Waals surface area contributed by atoms with Crippen LogP contribution in [0.1, 0.15) is 29.0 Å². The molecule has 2 aliphatic carbocycles. The second-order valence-electron chi connectivity index (χ2n) is 10.1. The minimum Gasteiger partial charge on any atom is -0.490 e. The summed E-state index contributed by atoms with van der Waals surface area (Å²) in [4.78, 5) is 30.2. The molecule has 4 heterocycles. The number of ether oxygens (including phenoxy) is 2. The lowest BCUT2D eigenvalue weighted by atomic mass is 10.1. The summed E-state index contributed by atoms with van der Waals surface area (Å²) in [6.45, 7) is 8.80. The van der Waals surface area contributed by atoms with E-state index in [1.54, 1.807) is 13.3 Å². The second kappa shape index (κ2) is 9.71. The molecule has 6 rings (SSSR count). The number of aromatic nitrogens is 3. The molecule has 2 saturated carbocycles. The molecule has 1 saturated heterocycles. The van der Waals surface area contributed by atoms with Crippen LogP contribution in [0, 0.1) is 11.8 Å². The normalized spacial score (nSPS) is 22.5. The highest BCUT2D eigenvalue weighted by Crippen LogP contribution is 2.43. The smallest absolute Gasteiger partial charge is 0.228 e. The fraction of sp³-hybridized carbons (Fsp3) is 0.519. The van der Waals surface area contributed by atoms with Crippen molar-refractivity contribution in [1.82, 2.24) is 24.8 Å². The molecule has 1 amide bonds. The Bertz CT molecular complexity index is 1260. The maximum absolute atomic E-state index is 12.9. The van der Waals surface area contributed by atoms with Gasteiger partial charge >= 0.3 is 0 Å². The van der Waals surface area contributed by atoms with E-state index < -0.39 is 0 Å². The van der Waals surface area contributed by atoms with E-state index in [0.717, 1.165) is 80.8 Å². The van der Waals surface area contributed by atoms with E-state index in [4.69, 9.17) is 9.47 Å². The van der Waals surface area contributed by atoms with Gasteiger partial charge in [0, 0.05) is 64.8 Å². The number of amides is 1. The average Bonchev–Trinajstić information content (AvgIpc) is 3.83. The van der Waals surface area contributed by atoms with Crippen molar-refractivity contribution >= 4 is 22.8 Å². The van der Waals surface area contributed by atoms with Crippen molar-refractivity contribution in [3.63, 3.8) is 0 Å². The van der Waals surface area contributed by atoms with E-state index in [1.165, 1.54) is 0 Å². The Morgan fingerprint density at radius 3 is 2.75 bits per heavy atom. The summed E-state index contributed by atoms with van der Waals surface area (Å²) in [7, 11) is 1.61. The number of anilines is 1. The monoisotopic (exact) mass is 494 g/mol. The molecule has 3 fully saturated rings. The van der Waals surface area contributed by atoms with Crippen LogP contribution in [0.2, 0.25) is 0 Å². The second-order valence-corrected chi connectivity index (χ2v) is 10.1. The number of piperazine rings is 1. The highest BCUT2D eigenvalue weighted by molar-refractivity contribution is 5.99. The number of hydrogen-bond acceptors (Lipinski definition) is 7. The van der Waals surface area contributed by atoms with Gasteiger partial charge < -0.3 is 29.6 Å². The number of H-pyrrole nitrogens is 1. The Hall–Kier alpha value is -3.17. The van der Waals surface area contributed by atoms with Gasteiger partial charge in [0.05, 0.1) is 18.8 Å². The molecule has 1 aliphatic heterocycles. The number of likely N-dealkylation sites (N-methyl/N-ethyl adjacent to an activating group) is 1. The Labute approximate surface area is 214 Å². The van der Waals surface area contributed by atoms with Gasteiger partial charge in [-0.25, -0.2) is 9.97 Å². The number of carbonyl (C=O) groups excluding carboxylic acids is 1. The van der Waals surface area contributed by atoms with Crippen LogP contribution in [0.5, 0.6) is 11.6 Å². The zero-order valence-electron chi connectivity index (χ0n) is 21.0. The van der Waals surface area contributed by atoms with E-state index in [9.17, 15) is 4.79 Å². The van der Waals surface area contributed by atoms with Crippen LogP contribution in [-0.4, -0.2) is 83.1 Å². The van der Waals surface area contributed by atoms with Crippen LogP contribution in [0.3, 0.4) is 0 Å². The topological polar surface area (TPSA) is 95.6 Å². The van der Waals surface area contributed by atoms with Crippen molar-refractivity contribution in [2.75, 3.05) is 51.7 Å². The number of fused-ring (bicyclic) bond motifs is 1. The van der Waals surface area contributed by atoms with Crippen molar-refractivity contribution in [1.29, 1.82) is 0 Å². The molecule has 3 aromatic rings. The van der Waals surface area contributed by atoms with E-state index in [2.05, 4.69) is 37.0 Å². The standard InChI is InChI=1S/C27H34N6O3.2H2/c1-3-32-10-12-33(13-11-32)16-17-14-20(17)26(34)31-23-7-6-19-21(15-29-25(19)30-23)24-22(36-18-4-5-18)8-9-28-27(24)35-2;;/h6-9,15,17-18,20H,3-5,10-14,16H2,1-2H3,(H2,29,30,31,34);2*1H/t17-,20+;;/m0../s1. The largest absolute Gasteiger partial charge is 0.490 e. The Morgan fingerprint density at radius 1 is 1.19 bits per heavy atom. The first kappa shape index (κ1) is 23.2. The molecular formula is C27H38N6O3. The zero-order chi connectivity index (χ0) is 24.6. The predicted octanol–water partition coefficient (Wildman–Crippen LogP) is 3.88. The van der Waals surface area contributed by atoms with Gasteiger partial charge in [-0.05, 0) is 49.9 Å². The van der Waals surface area contributed by atoms with E-state index in [-0.39, 0.29) is 20.8 Å². The van der Waals surface area contributed by atoms with Crippen LogP contribution >= 0.6 is 0 Å². The lowest BCUT2D eigenvalue weighted by Gasteiger charge is -2.34. The quantitative estimate of drug-likeness (QED) is 0.466. The Balaban J connectivity index is 0.00000168. The fourth-order valence-corrected chi connectivity index (χ4v) is 5.18. The van der Waals surface area contributed by atoms with Crippen LogP contribution in [0.4, 0.5) is 5.82 Å². The molecule has 194 valence electrons. The highest BCUT2D eigenvalue weighted by Gasteiger charge is 2.44. The van der Waals surface area contributed by atoms with Crippen molar-refractivity contribution in [3.8, 4) is 22.8 Å². The summed E-state index contributed by atoms with van der Waals surface area (Å²) in [5.41, 5.74) is 2.44. The third-order valence-electron chi connectivity index (χ3n) is 7.61. The molecule has 0 unspecified atom stereocenters. The molecule has 9 heteroatoms. The van der Waals surface area contributed by atoms with E-state index in [1.807, 2.05) is 24.4 Å². The maximum atomic E-state index is 12.9. The lowest BCUT2D eigenvalue weighted by Crippen LogP contribution is -2.46. The minimum atomic E-state index is 0. The Morgan fingerprint density at radius 2 is 2.00 bits per heavy atom. The minimum absolute atomic E-state index is 0. The summed E-state index contributed by atoms with van der Waals surface area (Å²) in [6.07, 6.45) is 6.96. The van der Waals surface area contributed by atoms with Crippen molar-refractivity contribution in [3.05, 3.63) is 30.6 Å². The number of methoxy groups -OCH3 is 1. The van der Waals surface area contributed by atoms with Crippen LogP contribution in [-0.2, 0) is 4.79 Å². The van der Waals surface area contributed by atoms with E-state index in [0.29, 0.717) is 23.3 Å². The summed E-state index contributed by atoms with van der Waals surface area (Å²) >= 11 is 0. The first-order valence-electron chi connectivity index (χ1n) is 13.1. The van der Waals surface area contributed by atoms with Gasteiger partial charge in [-0.1, -0.05) is 6.92 Å². The summed E-state index contributed by atoms with van der Waals surface area (Å²) in [5.74, 6) is 2.44. The molecule has 0 radical (unpaired) electrons. The predicted molar refractivity (Wildman–Crippen MR) is 143 cm³/mol. The molecule has 0 aromatic carbocycles. The third-order valence-corrected chi connectivity index (χ3v) is 7.61. The van der Waals surface area contributed by atoms with Crippen molar-refractivity contribution in [2.24, 2.45) is 11.8 Å². The van der Waals surface area contributed by atoms with Crippen LogP contribution < -0.4 is 14.8 Å². The lowest BCUT2D eigenvalue weighted by molar-refractivity contribution is -0.117. The summed E-state index contributed by atoms with van der Waals surface area (Å²) in [5, 5.41) is 3.96. The molecule has 36 heavy (non-hydrogen) atoms. The van der Waals surface area contributed by atoms with Gasteiger partial charge in [0.1, 0.15) is 17.2 Å². The number of rotatable bonds is 9. The number of aromatic amines is 1. The van der Waals surface area contributed by atoms with Gasteiger partial charge in [0.25, 0.3) is 0 Å². The third kappa shape index (κ3) is 4.77. The highest BCUT2D eigenvalue weighted by atomic mass is 16.5. The fourth-order valence-electron chi connectivity index (χ4n) is 5.18. The SMILES string of the molecule is CCN1CCN(C[C@@H]2C[C@H]2C(=O)Nc2ccc3c(-c4c(OC5CC5)ccnc4OC)c[nH]c3n2)CC1.[HH].[HH]. The van der Waals surface area contributed by atoms with Gasteiger partial charge in [-0.15, -0.1) is 0 Å². The molecule has 2 atom stereocenters.